The topological polar surface area (TPSA) is 49.5 Å². The summed E-state index contributed by atoms with van der Waals surface area (Å²) in [5.41, 5.74) is 8.96. The lowest BCUT2D eigenvalue weighted by Crippen LogP contribution is -2.49. The number of aryl methyl sites for hydroxylation is 1. The summed E-state index contributed by atoms with van der Waals surface area (Å²) >= 11 is 0. The van der Waals surface area contributed by atoms with Gasteiger partial charge in [0, 0.05) is 18.1 Å². The molecule has 0 amide bonds. The van der Waals surface area contributed by atoms with Gasteiger partial charge in [0.15, 0.2) is 0 Å². The second-order valence-electron chi connectivity index (χ2n) is 6.52. The number of rotatable bonds is 5. The Morgan fingerprint density at radius 2 is 2.05 bits per heavy atom. The van der Waals surface area contributed by atoms with E-state index in [1.807, 2.05) is 0 Å². The van der Waals surface area contributed by atoms with Gasteiger partial charge in [-0.3, -0.25) is 4.90 Å². The van der Waals surface area contributed by atoms with Crippen molar-refractivity contribution in [3.63, 3.8) is 0 Å². The van der Waals surface area contributed by atoms with Crippen LogP contribution in [0, 0.1) is 6.92 Å². The molecule has 1 aliphatic rings. The van der Waals surface area contributed by atoms with Gasteiger partial charge in [-0.1, -0.05) is 49.6 Å². The van der Waals surface area contributed by atoms with Crippen LogP contribution in [0.15, 0.2) is 24.3 Å². The van der Waals surface area contributed by atoms with Crippen LogP contribution in [0.5, 0.6) is 0 Å². The fourth-order valence-electron chi connectivity index (χ4n) is 3.63. The Kier molecular flexibility index (Phi) is 5.80. The van der Waals surface area contributed by atoms with Crippen molar-refractivity contribution in [1.82, 2.24) is 4.90 Å². The Balaban J connectivity index is 2.26. The largest absolute Gasteiger partial charge is 0.391 e. The van der Waals surface area contributed by atoms with E-state index in [-0.39, 0.29) is 24.2 Å². The molecular formula is C18H30N2O. The van der Waals surface area contributed by atoms with E-state index in [1.165, 1.54) is 17.5 Å². The Labute approximate surface area is 129 Å². The minimum Gasteiger partial charge on any atom is -0.391 e. The van der Waals surface area contributed by atoms with Gasteiger partial charge in [0.25, 0.3) is 0 Å². The van der Waals surface area contributed by atoms with Crippen molar-refractivity contribution in [1.29, 1.82) is 0 Å². The van der Waals surface area contributed by atoms with Crippen molar-refractivity contribution in [2.75, 3.05) is 7.05 Å². The standard InChI is InChI=1S/C18H30N2O/c1-4-15(19)18(14-9-7-8-13(2)12-14)20(3)16-10-5-6-11-17(16)21/h7-9,12,15-18,21H,4-6,10-11,19H2,1-3H3. The maximum atomic E-state index is 10.4. The molecule has 3 heteroatoms. The second-order valence-corrected chi connectivity index (χ2v) is 6.52. The zero-order chi connectivity index (χ0) is 15.4. The van der Waals surface area contributed by atoms with Crippen LogP contribution in [0.1, 0.15) is 56.2 Å². The van der Waals surface area contributed by atoms with Gasteiger partial charge in [0.1, 0.15) is 0 Å². The van der Waals surface area contributed by atoms with Crippen molar-refractivity contribution in [3.8, 4) is 0 Å². The number of nitrogens with zero attached hydrogens (tertiary/aromatic N) is 1. The smallest absolute Gasteiger partial charge is 0.0695 e. The van der Waals surface area contributed by atoms with E-state index in [2.05, 4.69) is 50.1 Å². The normalized spacial score (nSPS) is 25.8. The average Bonchev–Trinajstić information content (AvgIpc) is 2.47. The van der Waals surface area contributed by atoms with Crippen LogP contribution in [0.4, 0.5) is 0 Å². The van der Waals surface area contributed by atoms with Crippen LogP contribution in [0.2, 0.25) is 0 Å². The summed E-state index contributed by atoms with van der Waals surface area (Å²) in [4.78, 5) is 2.33. The first kappa shape index (κ1) is 16.5. The van der Waals surface area contributed by atoms with Crippen molar-refractivity contribution < 1.29 is 5.11 Å². The molecule has 0 aromatic heterocycles. The molecule has 3 nitrogen and oxygen atoms in total. The summed E-state index contributed by atoms with van der Waals surface area (Å²) in [7, 11) is 2.13. The molecule has 0 heterocycles. The molecule has 1 fully saturated rings. The number of hydrogen-bond donors (Lipinski definition) is 2. The SMILES string of the molecule is CCC(N)C(c1cccc(C)c1)N(C)C1CCCCC1O. The Bertz CT molecular complexity index is 449. The lowest BCUT2D eigenvalue weighted by Gasteiger charge is -2.42. The van der Waals surface area contributed by atoms with E-state index < -0.39 is 0 Å². The minimum atomic E-state index is -0.222. The summed E-state index contributed by atoms with van der Waals surface area (Å²) in [6, 6.07) is 9.10. The van der Waals surface area contributed by atoms with Crippen LogP contribution in [0.25, 0.3) is 0 Å². The van der Waals surface area contributed by atoms with E-state index in [0.29, 0.717) is 0 Å². The fourth-order valence-corrected chi connectivity index (χ4v) is 3.63. The third kappa shape index (κ3) is 3.85. The summed E-state index contributed by atoms with van der Waals surface area (Å²) < 4.78 is 0. The maximum absolute atomic E-state index is 10.4. The molecule has 118 valence electrons. The molecule has 0 aliphatic heterocycles. The molecule has 1 aromatic rings. The highest BCUT2D eigenvalue weighted by Crippen LogP contribution is 2.31. The number of benzene rings is 1. The van der Waals surface area contributed by atoms with E-state index in [4.69, 9.17) is 5.73 Å². The number of likely N-dealkylation sites (N-methyl/N-ethyl adjacent to an activating group) is 1. The zero-order valence-corrected chi connectivity index (χ0v) is 13.6. The predicted octanol–water partition coefficient (Wildman–Crippen LogP) is 3.01. The molecule has 21 heavy (non-hydrogen) atoms. The van der Waals surface area contributed by atoms with Crippen LogP contribution in [-0.4, -0.2) is 35.2 Å². The molecule has 2 rings (SSSR count). The molecule has 3 N–H and O–H groups in total. The predicted molar refractivity (Wildman–Crippen MR) is 88.2 cm³/mol. The molecule has 1 aliphatic carbocycles. The van der Waals surface area contributed by atoms with Crippen molar-refractivity contribution >= 4 is 0 Å². The van der Waals surface area contributed by atoms with Gasteiger partial charge in [0.05, 0.1) is 6.10 Å². The highest BCUT2D eigenvalue weighted by Gasteiger charge is 2.33. The third-order valence-corrected chi connectivity index (χ3v) is 4.92. The van der Waals surface area contributed by atoms with Crippen molar-refractivity contribution in [2.45, 2.75) is 70.2 Å². The van der Waals surface area contributed by atoms with Gasteiger partial charge in [-0.2, -0.15) is 0 Å². The molecule has 0 bridgehead atoms. The van der Waals surface area contributed by atoms with E-state index in [0.717, 1.165) is 25.7 Å². The first-order valence-corrected chi connectivity index (χ1v) is 8.26. The zero-order valence-electron chi connectivity index (χ0n) is 13.6. The number of hydrogen-bond acceptors (Lipinski definition) is 3. The van der Waals surface area contributed by atoms with Crippen molar-refractivity contribution in [3.05, 3.63) is 35.4 Å². The molecule has 0 spiro atoms. The summed E-state index contributed by atoms with van der Waals surface area (Å²) in [5, 5.41) is 10.4. The lowest BCUT2D eigenvalue weighted by atomic mass is 9.87. The van der Waals surface area contributed by atoms with E-state index in [1.54, 1.807) is 0 Å². The Hall–Kier alpha value is -0.900. The third-order valence-electron chi connectivity index (χ3n) is 4.92. The van der Waals surface area contributed by atoms with Crippen molar-refractivity contribution in [2.24, 2.45) is 5.73 Å². The minimum absolute atomic E-state index is 0.0888. The second kappa shape index (κ2) is 7.39. The molecule has 0 saturated heterocycles. The Morgan fingerprint density at radius 3 is 2.67 bits per heavy atom. The monoisotopic (exact) mass is 290 g/mol. The van der Waals surface area contributed by atoms with Gasteiger partial charge < -0.3 is 10.8 Å². The average molecular weight is 290 g/mol. The highest BCUT2D eigenvalue weighted by atomic mass is 16.3. The van der Waals surface area contributed by atoms with E-state index >= 15 is 0 Å². The molecular weight excluding hydrogens is 260 g/mol. The van der Waals surface area contributed by atoms with Crippen LogP contribution in [0.3, 0.4) is 0 Å². The maximum Gasteiger partial charge on any atom is 0.0695 e. The summed E-state index contributed by atoms with van der Waals surface area (Å²) in [6.07, 6.45) is 5.04. The first-order chi connectivity index (χ1) is 10.0. The van der Waals surface area contributed by atoms with Gasteiger partial charge >= 0.3 is 0 Å². The van der Waals surface area contributed by atoms with Gasteiger partial charge in [-0.05, 0) is 38.8 Å². The number of aliphatic hydroxyl groups is 1. The Morgan fingerprint density at radius 1 is 1.33 bits per heavy atom. The molecule has 0 radical (unpaired) electrons. The molecule has 4 unspecified atom stereocenters. The van der Waals surface area contributed by atoms with Gasteiger partial charge in [-0.15, -0.1) is 0 Å². The summed E-state index contributed by atoms with van der Waals surface area (Å²) in [6.45, 7) is 4.26. The summed E-state index contributed by atoms with van der Waals surface area (Å²) in [5.74, 6) is 0. The van der Waals surface area contributed by atoms with E-state index in [9.17, 15) is 5.11 Å². The van der Waals surface area contributed by atoms with Crippen LogP contribution >= 0.6 is 0 Å². The number of aliphatic hydroxyl groups excluding tert-OH is 1. The fraction of sp³-hybridized carbons (Fsp3) is 0.667. The van der Waals surface area contributed by atoms with Gasteiger partial charge in [-0.25, -0.2) is 0 Å². The van der Waals surface area contributed by atoms with Crippen LogP contribution < -0.4 is 5.73 Å². The first-order valence-electron chi connectivity index (χ1n) is 8.26. The molecule has 1 aromatic carbocycles. The molecule has 4 atom stereocenters. The van der Waals surface area contributed by atoms with Crippen LogP contribution in [-0.2, 0) is 0 Å². The van der Waals surface area contributed by atoms with Gasteiger partial charge in [0.2, 0.25) is 0 Å². The highest BCUT2D eigenvalue weighted by molar-refractivity contribution is 5.26. The lowest BCUT2D eigenvalue weighted by molar-refractivity contribution is 0.00643. The molecule has 1 saturated carbocycles. The quantitative estimate of drug-likeness (QED) is 0.876. The number of nitrogens with two attached hydrogens (primary N) is 1.